The van der Waals surface area contributed by atoms with Crippen LogP contribution < -0.4 is 0 Å². The molecule has 0 aromatic heterocycles. The Morgan fingerprint density at radius 1 is 1.50 bits per heavy atom. The van der Waals surface area contributed by atoms with Crippen LogP contribution in [0.4, 0.5) is 0 Å². The lowest BCUT2D eigenvalue weighted by atomic mass is 10.2. The van der Waals surface area contributed by atoms with Crippen LogP contribution in [0, 0.1) is 0 Å². The Labute approximate surface area is 72.8 Å². The number of carbonyl (C=O) groups is 1. The van der Waals surface area contributed by atoms with Crippen molar-refractivity contribution in [1.29, 1.82) is 0 Å². The maximum Gasteiger partial charge on any atom is 0.324 e. The lowest BCUT2D eigenvalue weighted by Crippen LogP contribution is -2.30. The molecule has 0 aromatic rings. The van der Waals surface area contributed by atoms with Crippen LogP contribution in [-0.2, 0) is 19.4 Å². The summed E-state index contributed by atoms with van der Waals surface area (Å²) < 4.78 is 26.4. The smallest absolute Gasteiger partial charge is 0.324 e. The molecule has 0 N–H and O–H groups in total. The van der Waals surface area contributed by atoms with Crippen molar-refractivity contribution in [2.75, 3.05) is 13.4 Å². The van der Waals surface area contributed by atoms with Crippen molar-refractivity contribution < 1.29 is 17.9 Å². The van der Waals surface area contributed by atoms with E-state index in [-0.39, 0.29) is 0 Å². The lowest BCUT2D eigenvalue weighted by molar-refractivity contribution is -0.140. The Morgan fingerprint density at radius 2 is 2.00 bits per heavy atom. The van der Waals surface area contributed by atoms with E-state index >= 15 is 0 Å². The van der Waals surface area contributed by atoms with E-state index in [9.17, 15) is 13.2 Å². The van der Waals surface area contributed by atoms with Gasteiger partial charge >= 0.3 is 5.97 Å². The summed E-state index contributed by atoms with van der Waals surface area (Å²) in [6, 6.07) is 0. The Balaban J connectivity index is 4.56. The second-order valence-corrected chi connectivity index (χ2v) is 4.86. The number of hydrogen-bond acceptors (Lipinski definition) is 4. The molecule has 0 amide bonds. The maximum atomic E-state index is 11.0. The largest absolute Gasteiger partial charge is 0.468 e. The fourth-order valence-corrected chi connectivity index (χ4v) is 2.01. The Bertz CT molecular complexity index is 242. The summed E-state index contributed by atoms with van der Waals surface area (Å²) in [7, 11) is -2.12. The first-order valence-electron chi connectivity index (χ1n) is 3.70. The first-order valence-corrected chi connectivity index (χ1v) is 5.65. The number of sulfone groups is 1. The number of methoxy groups -OCH3 is 1. The maximum absolute atomic E-state index is 11.0. The summed E-state index contributed by atoms with van der Waals surface area (Å²) in [5.74, 6) is -0.667. The number of esters is 1. The van der Waals surface area contributed by atoms with Gasteiger partial charge in [0.15, 0.2) is 15.1 Å². The van der Waals surface area contributed by atoms with E-state index in [1.165, 1.54) is 7.11 Å². The number of carbonyl (C=O) groups excluding carboxylic acids is 1. The summed E-state index contributed by atoms with van der Waals surface area (Å²) >= 11 is 0. The third-order valence-corrected chi connectivity index (χ3v) is 2.99. The molecule has 1 unspecified atom stereocenters. The van der Waals surface area contributed by atoms with E-state index in [0.717, 1.165) is 6.26 Å². The van der Waals surface area contributed by atoms with E-state index in [2.05, 4.69) is 4.74 Å². The average Bonchev–Trinajstić information content (AvgIpc) is 1.96. The molecule has 0 aliphatic rings. The summed E-state index contributed by atoms with van der Waals surface area (Å²) in [6.45, 7) is 1.82. The van der Waals surface area contributed by atoms with Gasteiger partial charge in [-0.3, -0.25) is 4.79 Å². The van der Waals surface area contributed by atoms with Crippen LogP contribution in [0.1, 0.15) is 19.8 Å². The summed E-state index contributed by atoms with van der Waals surface area (Å²) in [4.78, 5) is 10.9. The molecule has 0 rings (SSSR count). The normalized spacial score (nSPS) is 13.9. The zero-order valence-corrected chi connectivity index (χ0v) is 8.35. The van der Waals surface area contributed by atoms with E-state index in [4.69, 9.17) is 0 Å². The van der Waals surface area contributed by atoms with Crippen LogP contribution in [0.2, 0.25) is 0 Å². The van der Waals surface area contributed by atoms with E-state index in [0.29, 0.717) is 12.8 Å². The van der Waals surface area contributed by atoms with Crippen molar-refractivity contribution in [3.05, 3.63) is 0 Å². The molecule has 0 fully saturated rings. The molecule has 4 nitrogen and oxygen atoms in total. The summed E-state index contributed by atoms with van der Waals surface area (Å²) in [5.41, 5.74) is 0. The van der Waals surface area contributed by atoms with Crippen molar-refractivity contribution in [1.82, 2.24) is 0 Å². The number of ether oxygens (including phenoxy) is 1. The molecule has 0 aromatic carbocycles. The van der Waals surface area contributed by atoms with Gasteiger partial charge in [-0.15, -0.1) is 0 Å². The highest BCUT2D eigenvalue weighted by molar-refractivity contribution is 7.92. The molecule has 0 heterocycles. The topological polar surface area (TPSA) is 60.4 Å². The highest BCUT2D eigenvalue weighted by Crippen LogP contribution is 2.08. The minimum Gasteiger partial charge on any atom is -0.468 e. The Kier molecular flexibility index (Phi) is 4.23. The molecular formula is C7H14O4S. The molecule has 0 radical (unpaired) electrons. The highest BCUT2D eigenvalue weighted by Gasteiger charge is 2.28. The van der Waals surface area contributed by atoms with Gasteiger partial charge in [0, 0.05) is 6.26 Å². The average molecular weight is 194 g/mol. The molecular weight excluding hydrogens is 180 g/mol. The number of hydrogen-bond donors (Lipinski definition) is 0. The third-order valence-electron chi connectivity index (χ3n) is 1.53. The molecule has 0 aliphatic carbocycles. The lowest BCUT2D eigenvalue weighted by Gasteiger charge is -2.10. The molecule has 1 atom stereocenters. The Morgan fingerprint density at radius 3 is 2.25 bits per heavy atom. The second-order valence-electron chi connectivity index (χ2n) is 2.63. The molecule has 0 spiro atoms. The predicted molar refractivity (Wildman–Crippen MR) is 45.6 cm³/mol. The van der Waals surface area contributed by atoms with Crippen LogP contribution in [0.3, 0.4) is 0 Å². The van der Waals surface area contributed by atoms with E-state index < -0.39 is 21.1 Å². The highest BCUT2D eigenvalue weighted by atomic mass is 32.2. The fourth-order valence-electron chi connectivity index (χ4n) is 0.900. The van der Waals surface area contributed by atoms with Crippen LogP contribution in [0.25, 0.3) is 0 Å². The second kappa shape index (κ2) is 4.45. The summed E-state index contributed by atoms with van der Waals surface area (Å²) in [6.07, 6.45) is 2.02. The molecule has 72 valence electrons. The molecule has 0 saturated heterocycles. The molecule has 0 aliphatic heterocycles. The number of rotatable bonds is 4. The quantitative estimate of drug-likeness (QED) is 0.607. The van der Waals surface area contributed by atoms with Gasteiger partial charge in [0.2, 0.25) is 0 Å². The molecule has 0 bridgehead atoms. The van der Waals surface area contributed by atoms with Crippen molar-refractivity contribution >= 4 is 15.8 Å². The van der Waals surface area contributed by atoms with Gasteiger partial charge in [0.1, 0.15) is 0 Å². The van der Waals surface area contributed by atoms with Crippen LogP contribution in [0.5, 0.6) is 0 Å². The molecule has 12 heavy (non-hydrogen) atoms. The Hall–Kier alpha value is -0.580. The first-order chi connectivity index (χ1) is 5.43. The van der Waals surface area contributed by atoms with Gasteiger partial charge in [-0.25, -0.2) is 8.42 Å². The van der Waals surface area contributed by atoms with E-state index in [1.54, 1.807) is 0 Å². The van der Waals surface area contributed by atoms with Gasteiger partial charge in [-0.05, 0) is 6.42 Å². The molecule has 0 saturated carbocycles. The van der Waals surface area contributed by atoms with Gasteiger partial charge in [0.05, 0.1) is 7.11 Å². The predicted octanol–water partition coefficient (Wildman–Crippen LogP) is 0.373. The van der Waals surface area contributed by atoms with Crippen molar-refractivity contribution in [2.45, 2.75) is 25.0 Å². The SMILES string of the molecule is CCCC(C(=O)OC)S(C)(=O)=O. The minimum absolute atomic E-state index is 0.325. The van der Waals surface area contributed by atoms with Crippen LogP contribution >= 0.6 is 0 Å². The fraction of sp³-hybridized carbons (Fsp3) is 0.857. The third kappa shape index (κ3) is 3.21. The van der Waals surface area contributed by atoms with Crippen molar-refractivity contribution in [3.8, 4) is 0 Å². The van der Waals surface area contributed by atoms with Gasteiger partial charge in [-0.1, -0.05) is 13.3 Å². The van der Waals surface area contributed by atoms with Crippen molar-refractivity contribution in [3.63, 3.8) is 0 Å². The zero-order chi connectivity index (χ0) is 9.78. The summed E-state index contributed by atoms with van der Waals surface area (Å²) in [5, 5.41) is -0.993. The molecule has 5 heteroatoms. The van der Waals surface area contributed by atoms with E-state index in [1.807, 2.05) is 6.92 Å². The van der Waals surface area contributed by atoms with Crippen LogP contribution in [0.15, 0.2) is 0 Å². The van der Waals surface area contributed by atoms with Gasteiger partial charge < -0.3 is 4.74 Å². The first kappa shape index (κ1) is 11.4. The van der Waals surface area contributed by atoms with Crippen molar-refractivity contribution in [2.24, 2.45) is 0 Å². The standard InChI is InChI=1S/C7H14O4S/c1-4-5-6(7(8)11-2)12(3,9)10/h6H,4-5H2,1-3H3. The van der Waals surface area contributed by atoms with Gasteiger partial charge in [-0.2, -0.15) is 0 Å². The zero-order valence-electron chi connectivity index (χ0n) is 7.53. The monoisotopic (exact) mass is 194 g/mol. The minimum atomic E-state index is -3.31. The van der Waals surface area contributed by atoms with Gasteiger partial charge in [0.25, 0.3) is 0 Å². The van der Waals surface area contributed by atoms with Crippen LogP contribution in [-0.4, -0.2) is 33.0 Å².